The van der Waals surface area contributed by atoms with Crippen LogP contribution >= 0.6 is 11.8 Å². The second kappa shape index (κ2) is 6.01. The number of ether oxygens (including phenoxy) is 1. The SMILES string of the molecule is C[C@@H](Oc1ccc(/C=C2\SC(=O)N(C)C2=O)cc1)C(=O)O. The molecule has 1 aromatic rings. The summed E-state index contributed by atoms with van der Waals surface area (Å²) in [5.41, 5.74) is 0.726. The van der Waals surface area contributed by atoms with Crippen LogP contribution in [-0.2, 0) is 9.59 Å². The molecular formula is C14H13NO5S. The fraction of sp³-hybridized carbons (Fsp3) is 0.214. The van der Waals surface area contributed by atoms with Gasteiger partial charge in [-0.25, -0.2) is 4.79 Å². The van der Waals surface area contributed by atoms with Crippen molar-refractivity contribution in [1.29, 1.82) is 0 Å². The zero-order valence-electron chi connectivity index (χ0n) is 11.4. The maximum Gasteiger partial charge on any atom is 0.344 e. The van der Waals surface area contributed by atoms with E-state index in [-0.39, 0.29) is 11.1 Å². The quantitative estimate of drug-likeness (QED) is 0.859. The van der Waals surface area contributed by atoms with E-state index in [1.807, 2.05) is 0 Å². The summed E-state index contributed by atoms with van der Waals surface area (Å²) in [5.74, 6) is -0.953. The van der Waals surface area contributed by atoms with E-state index in [1.54, 1.807) is 30.3 Å². The molecule has 2 rings (SSSR count). The lowest BCUT2D eigenvalue weighted by molar-refractivity contribution is -0.144. The van der Waals surface area contributed by atoms with Gasteiger partial charge in [0.1, 0.15) is 5.75 Å². The largest absolute Gasteiger partial charge is 0.479 e. The van der Waals surface area contributed by atoms with Crippen LogP contribution < -0.4 is 4.74 Å². The molecule has 1 aliphatic rings. The predicted molar refractivity (Wildman–Crippen MR) is 77.9 cm³/mol. The first-order chi connectivity index (χ1) is 9.88. The third-order valence-corrected chi connectivity index (χ3v) is 3.79. The zero-order valence-corrected chi connectivity index (χ0v) is 12.2. The van der Waals surface area contributed by atoms with Crippen molar-refractivity contribution in [1.82, 2.24) is 4.90 Å². The number of carbonyl (C=O) groups excluding carboxylic acids is 2. The third kappa shape index (κ3) is 3.43. The molecule has 6 nitrogen and oxygen atoms in total. The number of nitrogens with zero attached hydrogens (tertiary/aromatic N) is 1. The van der Waals surface area contributed by atoms with Crippen LogP contribution in [0.3, 0.4) is 0 Å². The van der Waals surface area contributed by atoms with E-state index in [0.29, 0.717) is 10.7 Å². The average molecular weight is 307 g/mol. The number of hydrogen-bond donors (Lipinski definition) is 1. The lowest BCUT2D eigenvalue weighted by Gasteiger charge is -2.10. The normalized spacial score (nSPS) is 18.2. The van der Waals surface area contributed by atoms with E-state index in [1.165, 1.54) is 14.0 Å². The second-order valence-electron chi connectivity index (χ2n) is 4.41. The monoisotopic (exact) mass is 307 g/mol. The van der Waals surface area contributed by atoms with Gasteiger partial charge in [-0.15, -0.1) is 0 Å². The molecule has 0 bridgehead atoms. The van der Waals surface area contributed by atoms with E-state index < -0.39 is 12.1 Å². The molecule has 110 valence electrons. The van der Waals surface area contributed by atoms with Crippen molar-refractivity contribution >= 4 is 35.0 Å². The lowest BCUT2D eigenvalue weighted by Crippen LogP contribution is -2.22. The highest BCUT2D eigenvalue weighted by atomic mass is 32.2. The molecule has 1 N–H and O–H groups in total. The molecular weight excluding hydrogens is 294 g/mol. The highest BCUT2D eigenvalue weighted by Gasteiger charge is 2.31. The van der Waals surface area contributed by atoms with E-state index >= 15 is 0 Å². The topological polar surface area (TPSA) is 83.9 Å². The fourth-order valence-corrected chi connectivity index (χ4v) is 2.42. The number of hydrogen-bond acceptors (Lipinski definition) is 5. The highest BCUT2D eigenvalue weighted by Crippen LogP contribution is 2.31. The molecule has 0 saturated carbocycles. The van der Waals surface area contributed by atoms with Crippen LogP contribution in [-0.4, -0.2) is 40.3 Å². The van der Waals surface area contributed by atoms with Gasteiger partial charge in [0.2, 0.25) is 0 Å². The second-order valence-corrected chi connectivity index (χ2v) is 5.40. The Hall–Kier alpha value is -2.28. The van der Waals surface area contributed by atoms with Crippen molar-refractivity contribution in [2.24, 2.45) is 0 Å². The Kier molecular flexibility index (Phi) is 4.32. The number of carboxylic acids is 1. The van der Waals surface area contributed by atoms with Crippen LogP contribution in [0.15, 0.2) is 29.2 Å². The first-order valence-electron chi connectivity index (χ1n) is 6.09. The van der Waals surface area contributed by atoms with Crippen molar-refractivity contribution in [3.8, 4) is 5.75 Å². The minimum Gasteiger partial charge on any atom is -0.479 e. The summed E-state index contributed by atoms with van der Waals surface area (Å²) < 4.78 is 5.20. The molecule has 0 spiro atoms. The Bertz CT molecular complexity index is 623. The Morgan fingerprint density at radius 3 is 2.43 bits per heavy atom. The molecule has 1 heterocycles. The van der Waals surface area contributed by atoms with Crippen LogP contribution in [0, 0.1) is 0 Å². The lowest BCUT2D eigenvalue weighted by atomic mass is 10.2. The first-order valence-corrected chi connectivity index (χ1v) is 6.91. The minimum atomic E-state index is -1.05. The summed E-state index contributed by atoms with van der Waals surface area (Å²) in [4.78, 5) is 35.2. The molecule has 21 heavy (non-hydrogen) atoms. The average Bonchev–Trinajstić information content (AvgIpc) is 2.68. The molecule has 1 saturated heterocycles. The number of carbonyl (C=O) groups is 3. The van der Waals surface area contributed by atoms with E-state index in [0.717, 1.165) is 22.2 Å². The summed E-state index contributed by atoms with van der Waals surface area (Å²) in [6.45, 7) is 1.44. The molecule has 0 unspecified atom stereocenters. The molecule has 1 fully saturated rings. The maximum absolute atomic E-state index is 11.7. The molecule has 1 aromatic carbocycles. The fourth-order valence-electron chi connectivity index (χ4n) is 1.59. The van der Waals surface area contributed by atoms with Crippen molar-refractivity contribution in [2.75, 3.05) is 7.05 Å². The van der Waals surface area contributed by atoms with Gasteiger partial charge in [-0.2, -0.15) is 0 Å². The van der Waals surface area contributed by atoms with Gasteiger partial charge in [0.05, 0.1) is 4.91 Å². The van der Waals surface area contributed by atoms with E-state index in [2.05, 4.69) is 0 Å². The first kappa shape index (κ1) is 15.1. The summed E-state index contributed by atoms with van der Waals surface area (Å²) in [6, 6.07) is 6.60. The summed E-state index contributed by atoms with van der Waals surface area (Å²) in [6.07, 6.45) is 0.672. The summed E-state index contributed by atoms with van der Waals surface area (Å²) in [7, 11) is 1.43. The molecule has 7 heteroatoms. The van der Waals surface area contributed by atoms with Crippen LogP contribution in [0.2, 0.25) is 0 Å². The molecule has 2 amide bonds. The van der Waals surface area contributed by atoms with Gasteiger partial charge in [-0.1, -0.05) is 12.1 Å². The Balaban J connectivity index is 2.11. The highest BCUT2D eigenvalue weighted by molar-refractivity contribution is 8.18. The Morgan fingerprint density at radius 1 is 1.33 bits per heavy atom. The predicted octanol–water partition coefficient (Wildman–Crippen LogP) is 2.20. The molecule has 1 aliphatic heterocycles. The number of aliphatic carboxylic acids is 1. The van der Waals surface area contributed by atoms with Crippen LogP contribution in [0.4, 0.5) is 4.79 Å². The van der Waals surface area contributed by atoms with Crippen molar-refractivity contribution in [3.05, 3.63) is 34.7 Å². The Morgan fingerprint density at radius 2 is 1.95 bits per heavy atom. The van der Waals surface area contributed by atoms with Gasteiger partial charge in [0.15, 0.2) is 6.10 Å². The molecule has 0 aromatic heterocycles. The molecule has 1 atom stereocenters. The third-order valence-electron chi connectivity index (χ3n) is 2.83. The van der Waals surface area contributed by atoms with Crippen LogP contribution in [0.1, 0.15) is 12.5 Å². The van der Waals surface area contributed by atoms with E-state index in [4.69, 9.17) is 9.84 Å². The summed E-state index contributed by atoms with van der Waals surface area (Å²) in [5, 5.41) is 8.45. The van der Waals surface area contributed by atoms with Gasteiger partial charge in [-0.05, 0) is 42.5 Å². The van der Waals surface area contributed by atoms with Crippen molar-refractivity contribution < 1.29 is 24.2 Å². The van der Waals surface area contributed by atoms with Crippen molar-refractivity contribution in [3.63, 3.8) is 0 Å². The van der Waals surface area contributed by atoms with Gasteiger partial charge in [0.25, 0.3) is 11.1 Å². The van der Waals surface area contributed by atoms with Crippen LogP contribution in [0.5, 0.6) is 5.75 Å². The van der Waals surface area contributed by atoms with Gasteiger partial charge >= 0.3 is 5.97 Å². The Labute approximate surface area is 125 Å². The number of imide groups is 1. The van der Waals surface area contributed by atoms with E-state index in [9.17, 15) is 14.4 Å². The number of rotatable bonds is 4. The molecule has 0 aliphatic carbocycles. The summed E-state index contributed by atoms with van der Waals surface area (Å²) >= 11 is 0.885. The minimum absolute atomic E-state index is 0.304. The van der Waals surface area contributed by atoms with Gasteiger partial charge in [0, 0.05) is 7.05 Å². The number of benzene rings is 1. The van der Waals surface area contributed by atoms with Crippen LogP contribution in [0.25, 0.3) is 6.08 Å². The van der Waals surface area contributed by atoms with Gasteiger partial charge in [-0.3, -0.25) is 14.5 Å². The van der Waals surface area contributed by atoms with Crippen molar-refractivity contribution in [2.45, 2.75) is 13.0 Å². The van der Waals surface area contributed by atoms with Gasteiger partial charge < -0.3 is 9.84 Å². The maximum atomic E-state index is 11.7. The number of carboxylic acid groups (broad SMARTS) is 1. The molecule has 0 radical (unpaired) electrons. The zero-order chi connectivity index (χ0) is 15.6. The number of likely N-dealkylation sites (N-methyl/N-ethyl adjacent to an activating group) is 1. The smallest absolute Gasteiger partial charge is 0.344 e. The standard InChI is InChI=1S/C14H13NO5S/c1-8(13(17)18)20-10-5-3-9(4-6-10)7-11-12(16)15(2)14(19)21-11/h3-8H,1-2H3,(H,17,18)/b11-7-/t8-/m1/s1. The number of thioether (sulfide) groups is 1. The number of amides is 2.